The smallest absolute Gasteiger partial charge is 0.260 e. The molecule has 1 fully saturated rings. The minimum absolute atomic E-state index is 0.0525. The molecule has 0 N–H and O–H groups in total. The quantitative estimate of drug-likeness (QED) is 0.433. The number of nitrogens with zero attached hydrogens (tertiary/aromatic N) is 2. The van der Waals surface area contributed by atoms with E-state index in [4.69, 9.17) is 0 Å². The van der Waals surface area contributed by atoms with Crippen LogP contribution in [0.4, 0.5) is 0 Å². The monoisotopic (exact) mass is 141 g/mol. The molecule has 0 spiro atoms. The Hall–Kier alpha value is -1.06. The van der Waals surface area contributed by atoms with E-state index in [0.29, 0.717) is 13.1 Å². The minimum Gasteiger partial charge on any atom is -0.332 e. The van der Waals surface area contributed by atoms with E-state index in [2.05, 4.69) is 5.32 Å². The van der Waals surface area contributed by atoms with Crippen molar-refractivity contribution in [2.24, 2.45) is 0 Å². The van der Waals surface area contributed by atoms with Gasteiger partial charge in [-0.1, -0.05) is 0 Å². The van der Waals surface area contributed by atoms with E-state index in [0.717, 1.165) is 0 Å². The van der Waals surface area contributed by atoms with Crippen molar-refractivity contribution in [2.45, 2.75) is 6.92 Å². The number of carbonyl (C=O) groups excluding carboxylic acids is 2. The average Bonchev–Trinajstić information content (AvgIpc) is 1.88. The number of amides is 2. The van der Waals surface area contributed by atoms with Gasteiger partial charge in [-0.2, -0.15) is 0 Å². The fourth-order valence-electron chi connectivity index (χ4n) is 0.857. The van der Waals surface area contributed by atoms with Gasteiger partial charge >= 0.3 is 0 Å². The average molecular weight is 141 g/mol. The summed E-state index contributed by atoms with van der Waals surface area (Å²) < 4.78 is 0. The molecule has 0 saturated carbocycles. The summed E-state index contributed by atoms with van der Waals surface area (Å²) >= 11 is 0. The fraction of sp³-hybridized carbons (Fsp3) is 0.667. The zero-order valence-electron chi connectivity index (χ0n) is 5.83. The van der Waals surface area contributed by atoms with Gasteiger partial charge < -0.3 is 4.90 Å². The first-order valence-corrected chi connectivity index (χ1v) is 3.16. The van der Waals surface area contributed by atoms with Crippen molar-refractivity contribution in [3.8, 4) is 0 Å². The summed E-state index contributed by atoms with van der Waals surface area (Å²) in [5, 5.41) is 3.63. The van der Waals surface area contributed by atoms with Crippen LogP contribution in [0.25, 0.3) is 0 Å². The number of rotatable bonds is 0. The van der Waals surface area contributed by atoms with E-state index in [1.165, 1.54) is 11.8 Å². The molecule has 55 valence electrons. The Morgan fingerprint density at radius 1 is 1.70 bits per heavy atom. The Labute approximate surface area is 59.2 Å². The van der Waals surface area contributed by atoms with Gasteiger partial charge in [-0.3, -0.25) is 9.59 Å². The third-order valence-corrected chi connectivity index (χ3v) is 1.43. The zero-order chi connectivity index (χ0) is 7.56. The molecule has 1 heterocycles. The maximum absolute atomic E-state index is 10.7. The highest BCUT2D eigenvalue weighted by atomic mass is 16.2. The summed E-state index contributed by atoms with van der Waals surface area (Å²) in [6.45, 7) is 2.66. The Bertz CT molecular complexity index is 165. The maximum atomic E-state index is 10.7. The third kappa shape index (κ3) is 1.46. The molecule has 0 aromatic heterocycles. The summed E-state index contributed by atoms with van der Waals surface area (Å²) in [5.74, 6) is -0.246. The van der Waals surface area contributed by atoms with Crippen LogP contribution in [0.1, 0.15) is 6.92 Å². The number of carbonyl (C=O) groups is 2. The van der Waals surface area contributed by atoms with Gasteiger partial charge in [0.25, 0.3) is 5.91 Å². The highest BCUT2D eigenvalue weighted by Crippen LogP contribution is 1.93. The lowest BCUT2D eigenvalue weighted by Gasteiger charge is -2.23. The van der Waals surface area contributed by atoms with Crippen molar-refractivity contribution in [2.75, 3.05) is 19.6 Å². The molecule has 4 nitrogen and oxygen atoms in total. The second kappa shape index (κ2) is 2.68. The van der Waals surface area contributed by atoms with Crippen molar-refractivity contribution in [1.82, 2.24) is 10.2 Å². The topological polar surface area (TPSA) is 51.5 Å². The SMILES string of the molecule is CC(=O)N1CC[N]C(=O)C1. The van der Waals surface area contributed by atoms with E-state index in [1.54, 1.807) is 0 Å². The van der Waals surface area contributed by atoms with Crippen molar-refractivity contribution in [3.05, 3.63) is 0 Å². The van der Waals surface area contributed by atoms with Crippen LogP contribution in [-0.2, 0) is 9.59 Å². The Kier molecular flexibility index (Phi) is 1.89. The number of hydrogen-bond acceptors (Lipinski definition) is 2. The van der Waals surface area contributed by atoms with Crippen LogP contribution in [0.2, 0.25) is 0 Å². The maximum Gasteiger partial charge on any atom is 0.260 e. The summed E-state index contributed by atoms with van der Waals surface area (Å²) in [6, 6.07) is 0. The standard InChI is InChI=1S/C6H9N2O2/c1-5(9)8-3-2-7-6(10)4-8/h2-4H2,1H3. The summed E-state index contributed by atoms with van der Waals surface area (Å²) in [4.78, 5) is 22.8. The van der Waals surface area contributed by atoms with Gasteiger partial charge in [0.1, 0.15) is 6.54 Å². The first kappa shape index (κ1) is 7.05. The molecule has 0 aromatic rings. The van der Waals surface area contributed by atoms with Crippen molar-refractivity contribution in [3.63, 3.8) is 0 Å². The lowest BCUT2D eigenvalue weighted by molar-refractivity contribution is -0.136. The molecule has 0 aliphatic carbocycles. The van der Waals surface area contributed by atoms with Crippen molar-refractivity contribution < 1.29 is 9.59 Å². The molecule has 1 aliphatic heterocycles. The lowest BCUT2D eigenvalue weighted by atomic mass is 10.3. The zero-order valence-corrected chi connectivity index (χ0v) is 5.83. The van der Waals surface area contributed by atoms with Crippen LogP contribution in [0.5, 0.6) is 0 Å². The Balaban J connectivity index is 2.47. The van der Waals surface area contributed by atoms with E-state index in [1.807, 2.05) is 0 Å². The minimum atomic E-state index is -0.193. The molecule has 0 unspecified atom stereocenters. The molecule has 0 atom stereocenters. The normalized spacial score (nSPS) is 18.5. The van der Waals surface area contributed by atoms with Gasteiger partial charge in [-0.05, 0) is 0 Å². The molecule has 1 radical (unpaired) electrons. The van der Waals surface area contributed by atoms with Gasteiger partial charge in [-0.15, -0.1) is 0 Å². The second-order valence-electron chi connectivity index (χ2n) is 2.22. The summed E-state index contributed by atoms with van der Waals surface area (Å²) in [7, 11) is 0. The van der Waals surface area contributed by atoms with Crippen LogP contribution in [0.15, 0.2) is 0 Å². The molecule has 1 aliphatic rings. The van der Waals surface area contributed by atoms with Gasteiger partial charge in [0, 0.05) is 13.5 Å². The van der Waals surface area contributed by atoms with E-state index in [-0.39, 0.29) is 18.4 Å². The van der Waals surface area contributed by atoms with Crippen LogP contribution >= 0.6 is 0 Å². The van der Waals surface area contributed by atoms with Gasteiger partial charge in [0.05, 0.1) is 6.54 Å². The molecule has 0 aromatic carbocycles. The van der Waals surface area contributed by atoms with E-state index in [9.17, 15) is 9.59 Å². The molecule has 1 saturated heterocycles. The highest BCUT2D eigenvalue weighted by Gasteiger charge is 2.18. The molecule has 1 rings (SSSR count). The van der Waals surface area contributed by atoms with Crippen LogP contribution in [-0.4, -0.2) is 36.3 Å². The summed E-state index contributed by atoms with van der Waals surface area (Å²) in [5.41, 5.74) is 0. The molecule has 2 amide bonds. The van der Waals surface area contributed by atoms with E-state index >= 15 is 0 Å². The van der Waals surface area contributed by atoms with Gasteiger partial charge in [0.2, 0.25) is 5.91 Å². The van der Waals surface area contributed by atoms with Crippen LogP contribution < -0.4 is 5.32 Å². The predicted octanol–water partition coefficient (Wildman–Crippen LogP) is -1.02. The number of piperazine rings is 1. The van der Waals surface area contributed by atoms with Crippen LogP contribution in [0, 0.1) is 0 Å². The Morgan fingerprint density at radius 2 is 2.40 bits per heavy atom. The lowest BCUT2D eigenvalue weighted by Crippen LogP contribution is -2.46. The fourth-order valence-corrected chi connectivity index (χ4v) is 0.857. The highest BCUT2D eigenvalue weighted by molar-refractivity contribution is 5.84. The Morgan fingerprint density at radius 3 is 2.80 bits per heavy atom. The molecule has 0 bridgehead atoms. The summed E-state index contributed by atoms with van der Waals surface area (Å²) in [6.07, 6.45) is 0. The molecule has 10 heavy (non-hydrogen) atoms. The third-order valence-electron chi connectivity index (χ3n) is 1.43. The van der Waals surface area contributed by atoms with Crippen molar-refractivity contribution >= 4 is 11.8 Å². The largest absolute Gasteiger partial charge is 0.332 e. The molecular weight excluding hydrogens is 132 g/mol. The van der Waals surface area contributed by atoms with E-state index < -0.39 is 0 Å². The first-order valence-electron chi connectivity index (χ1n) is 3.16. The first-order chi connectivity index (χ1) is 4.70. The second-order valence-corrected chi connectivity index (χ2v) is 2.22. The molecular formula is C6H9N2O2. The predicted molar refractivity (Wildman–Crippen MR) is 34.3 cm³/mol. The van der Waals surface area contributed by atoms with Gasteiger partial charge in [0.15, 0.2) is 0 Å². The number of hydrogen-bond donors (Lipinski definition) is 0. The molecule has 4 heteroatoms. The van der Waals surface area contributed by atoms with Gasteiger partial charge in [-0.25, -0.2) is 5.32 Å². The van der Waals surface area contributed by atoms with Crippen molar-refractivity contribution in [1.29, 1.82) is 0 Å². The van der Waals surface area contributed by atoms with Crippen LogP contribution in [0.3, 0.4) is 0 Å².